The van der Waals surface area contributed by atoms with Gasteiger partial charge in [0.05, 0.1) is 13.3 Å². The maximum Gasteiger partial charge on any atom is 0.240 e. The minimum atomic E-state index is -0.377. The number of carbonyl (C=O) groups excluding carboxylic acids is 2. The molecule has 0 aliphatic carbocycles. The summed E-state index contributed by atoms with van der Waals surface area (Å²) in [7, 11) is 1.44. The van der Waals surface area contributed by atoms with E-state index in [1.807, 2.05) is 12.1 Å². The summed E-state index contributed by atoms with van der Waals surface area (Å²) in [4.78, 5) is 23.6. The topological polar surface area (TPSA) is 100 Å². The van der Waals surface area contributed by atoms with Gasteiger partial charge in [0.15, 0.2) is 11.5 Å². The third-order valence-electron chi connectivity index (χ3n) is 3.31. The van der Waals surface area contributed by atoms with Crippen molar-refractivity contribution in [3.8, 4) is 11.5 Å². The van der Waals surface area contributed by atoms with Crippen molar-refractivity contribution in [3.63, 3.8) is 0 Å². The van der Waals surface area contributed by atoms with Gasteiger partial charge >= 0.3 is 0 Å². The summed E-state index contributed by atoms with van der Waals surface area (Å²) >= 11 is 3.32. The molecule has 0 heterocycles. The molecular formula is C18H18BrN3O4. The number of anilines is 1. The SMILES string of the molecule is COc1cc(/C=N\NC(=O)CCC(=O)Nc2ccc(Br)cc2)ccc1O. The molecule has 2 aromatic rings. The number of phenolic OH excluding ortho intramolecular Hbond substituents is 1. The number of aromatic hydroxyl groups is 1. The number of methoxy groups -OCH3 is 1. The van der Waals surface area contributed by atoms with Gasteiger partial charge in [-0.05, 0) is 48.0 Å². The molecule has 2 rings (SSSR count). The summed E-state index contributed by atoms with van der Waals surface area (Å²) in [5.74, 6) is -0.303. The summed E-state index contributed by atoms with van der Waals surface area (Å²) in [5.41, 5.74) is 3.66. The van der Waals surface area contributed by atoms with E-state index < -0.39 is 0 Å². The van der Waals surface area contributed by atoms with Gasteiger partial charge in [0.25, 0.3) is 0 Å². The van der Waals surface area contributed by atoms with E-state index in [0.717, 1.165) is 4.47 Å². The number of amides is 2. The standard InChI is InChI=1S/C18H18BrN3O4/c1-26-16-10-12(2-7-15(16)23)11-20-22-18(25)9-8-17(24)21-14-5-3-13(19)4-6-14/h2-7,10-11,23H,8-9H2,1H3,(H,21,24)(H,22,25)/b20-11-. The molecule has 0 aromatic heterocycles. The van der Waals surface area contributed by atoms with Crippen LogP contribution in [0.5, 0.6) is 11.5 Å². The first-order valence-electron chi connectivity index (χ1n) is 7.72. The Morgan fingerprint density at radius 1 is 1.15 bits per heavy atom. The highest BCUT2D eigenvalue weighted by molar-refractivity contribution is 9.10. The second kappa shape index (κ2) is 9.57. The molecule has 0 saturated heterocycles. The van der Waals surface area contributed by atoms with E-state index in [0.29, 0.717) is 17.0 Å². The van der Waals surface area contributed by atoms with Crippen LogP contribution >= 0.6 is 15.9 Å². The zero-order valence-corrected chi connectivity index (χ0v) is 15.6. The van der Waals surface area contributed by atoms with E-state index in [-0.39, 0.29) is 30.4 Å². The van der Waals surface area contributed by atoms with Crippen LogP contribution in [-0.4, -0.2) is 30.2 Å². The predicted octanol–water partition coefficient (Wildman–Crippen LogP) is 3.03. The highest BCUT2D eigenvalue weighted by Gasteiger charge is 2.07. The van der Waals surface area contributed by atoms with E-state index in [1.165, 1.54) is 19.4 Å². The predicted molar refractivity (Wildman–Crippen MR) is 102 cm³/mol. The van der Waals surface area contributed by atoms with Gasteiger partial charge in [-0.25, -0.2) is 5.43 Å². The largest absolute Gasteiger partial charge is 0.504 e. The molecule has 0 aliphatic heterocycles. The number of hydrazone groups is 1. The van der Waals surface area contributed by atoms with Gasteiger partial charge in [0.2, 0.25) is 11.8 Å². The van der Waals surface area contributed by atoms with Gasteiger partial charge < -0.3 is 15.2 Å². The van der Waals surface area contributed by atoms with Crippen molar-refractivity contribution in [2.45, 2.75) is 12.8 Å². The van der Waals surface area contributed by atoms with Crippen molar-refractivity contribution >= 4 is 39.6 Å². The van der Waals surface area contributed by atoms with Crippen LogP contribution in [0.1, 0.15) is 18.4 Å². The van der Waals surface area contributed by atoms with Gasteiger partial charge in [-0.2, -0.15) is 5.10 Å². The molecule has 7 nitrogen and oxygen atoms in total. The summed E-state index contributed by atoms with van der Waals surface area (Å²) < 4.78 is 5.90. The number of nitrogens with zero attached hydrogens (tertiary/aromatic N) is 1. The summed E-state index contributed by atoms with van der Waals surface area (Å²) in [6, 6.07) is 11.8. The molecule has 0 fully saturated rings. The van der Waals surface area contributed by atoms with Crippen LogP contribution in [0.3, 0.4) is 0 Å². The maximum absolute atomic E-state index is 11.8. The molecule has 8 heteroatoms. The average molecular weight is 420 g/mol. The van der Waals surface area contributed by atoms with Crippen molar-refractivity contribution < 1.29 is 19.4 Å². The van der Waals surface area contributed by atoms with E-state index in [2.05, 4.69) is 31.8 Å². The number of rotatable bonds is 7. The molecule has 0 aliphatic rings. The highest BCUT2D eigenvalue weighted by Crippen LogP contribution is 2.25. The Morgan fingerprint density at radius 3 is 2.54 bits per heavy atom. The van der Waals surface area contributed by atoms with Crippen molar-refractivity contribution in [1.82, 2.24) is 5.43 Å². The molecule has 0 spiro atoms. The van der Waals surface area contributed by atoms with E-state index >= 15 is 0 Å². The number of benzene rings is 2. The van der Waals surface area contributed by atoms with E-state index in [4.69, 9.17) is 4.74 Å². The first kappa shape index (κ1) is 19.5. The van der Waals surface area contributed by atoms with Crippen LogP contribution in [0, 0.1) is 0 Å². The Labute approximate surface area is 159 Å². The van der Waals surface area contributed by atoms with E-state index in [9.17, 15) is 14.7 Å². The quantitative estimate of drug-likeness (QED) is 0.474. The fraction of sp³-hybridized carbons (Fsp3) is 0.167. The van der Waals surface area contributed by atoms with Crippen molar-refractivity contribution in [3.05, 3.63) is 52.5 Å². The summed E-state index contributed by atoms with van der Waals surface area (Å²) in [6.07, 6.45) is 1.48. The normalized spacial score (nSPS) is 10.5. The van der Waals surface area contributed by atoms with Crippen LogP contribution in [0.4, 0.5) is 5.69 Å². The van der Waals surface area contributed by atoms with Gasteiger partial charge in [-0.15, -0.1) is 0 Å². The summed E-state index contributed by atoms with van der Waals surface area (Å²) in [6.45, 7) is 0. The number of phenols is 1. The van der Waals surface area contributed by atoms with Gasteiger partial charge in [-0.1, -0.05) is 15.9 Å². The lowest BCUT2D eigenvalue weighted by molar-refractivity contribution is -0.124. The Hall–Kier alpha value is -2.87. The number of hydrogen-bond acceptors (Lipinski definition) is 5. The molecule has 0 bridgehead atoms. The molecular weight excluding hydrogens is 402 g/mol. The zero-order valence-electron chi connectivity index (χ0n) is 14.0. The first-order chi connectivity index (χ1) is 12.5. The molecule has 136 valence electrons. The van der Waals surface area contributed by atoms with Crippen LogP contribution in [-0.2, 0) is 9.59 Å². The van der Waals surface area contributed by atoms with Crippen LogP contribution in [0.15, 0.2) is 52.0 Å². The smallest absolute Gasteiger partial charge is 0.240 e. The lowest BCUT2D eigenvalue weighted by Crippen LogP contribution is -2.20. The average Bonchev–Trinajstić information content (AvgIpc) is 2.63. The minimum Gasteiger partial charge on any atom is -0.504 e. The Bertz CT molecular complexity index is 807. The number of carbonyl (C=O) groups is 2. The van der Waals surface area contributed by atoms with Crippen LogP contribution < -0.4 is 15.5 Å². The molecule has 0 atom stereocenters. The van der Waals surface area contributed by atoms with Crippen molar-refractivity contribution in [1.29, 1.82) is 0 Å². The molecule has 0 saturated carbocycles. The fourth-order valence-corrected chi connectivity index (χ4v) is 2.26. The highest BCUT2D eigenvalue weighted by atomic mass is 79.9. The molecule has 0 unspecified atom stereocenters. The lowest BCUT2D eigenvalue weighted by atomic mass is 10.2. The molecule has 26 heavy (non-hydrogen) atoms. The molecule has 2 aromatic carbocycles. The van der Waals surface area contributed by atoms with Crippen molar-refractivity contribution in [2.24, 2.45) is 5.10 Å². The lowest BCUT2D eigenvalue weighted by Gasteiger charge is -2.05. The number of halogens is 1. The van der Waals surface area contributed by atoms with Gasteiger partial charge in [0.1, 0.15) is 0 Å². The second-order valence-electron chi connectivity index (χ2n) is 5.28. The summed E-state index contributed by atoms with van der Waals surface area (Å²) in [5, 5.41) is 16.0. The maximum atomic E-state index is 11.8. The third kappa shape index (κ3) is 6.21. The van der Waals surface area contributed by atoms with Gasteiger partial charge in [0, 0.05) is 23.0 Å². The van der Waals surface area contributed by atoms with E-state index in [1.54, 1.807) is 24.3 Å². The number of hydrogen-bond donors (Lipinski definition) is 3. The van der Waals surface area contributed by atoms with Gasteiger partial charge in [-0.3, -0.25) is 9.59 Å². The first-order valence-corrected chi connectivity index (χ1v) is 8.51. The van der Waals surface area contributed by atoms with Crippen molar-refractivity contribution in [2.75, 3.05) is 12.4 Å². The third-order valence-corrected chi connectivity index (χ3v) is 3.84. The minimum absolute atomic E-state index is 0.0125. The second-order valence-corrected chi connectivity index (χ2v) is 6.20. The number of nitrogens with one attached hydrogen (secondary N) is 2. The number of ether oxygens (including phenoxy) is 1. The zero-order chi connectivity index (χ0) is 18.9. The molecule has 3 N–H and O–H groups in total. The van der Waals surface area contributed by atoms with Crippen LogP contribution in [0.25, 0.3) is 0 Å². The monoisotopic (exact) mass is 419 g/mol. The Kier molecular flexibility index (Phi) is 7.16. The molecule has 2 amide bonds. The Morgan fingerprint density at radius 2 is 1.85 bits per heavy atom. The van der Waals surface area contributed by atoms with Crippen LogP contribution in [0.2, 0.25) is 0 Å². The molecule has 0 radical (unpaired) electrons. The fourth-order valence-electron chi connectivity index (χ4n) is 1.99. The Balaban J connectivity index is 1.76.